The Balaban J connectivity index is 1.43. The normalized spacial score (nSPS) is 15.4. The Morgan fingerprint density at radius 3 is 2.68 bits per heavy atom. The lowest BCUT2D eigenvalue weighted by atomic mass is 10.1. The van der Waals surface area contributed by atoms with E-state index >= 15 is 0 Å². The van der Waals surface area contributed by atoms with Crippen LogP contribution in [0, 0.1) is 0 Å². The molecule has 1 atom stereocenters. The van der Waals surface area contributed by atoms with Crippen LogP contribution >= 0.6 is 22.9 Å². The second-order valence-corrected chi connectivity index (χ2v) is 12.6. The van der Waals surface area contributed by atoms with Crippen molar-refractivity contribution in [2.75, 3.05) is 19.3 Å². The summed E-state index contributed by atoms with van der Waals surface area (Å²) in [5.74, 6) is 0.299. The molecule has 1 aliphatic heterocycles. The fourth-order valence-electron chi connectivity index (χ4n) is 4.42. The minimum absolute atomic E-state index is 0.0969. The van der Waals surface area contributed by atoms with Crippen molar-refractivity contribution in [1.29, 1.82) is 0 Å². The van der Waals surface area contributed by atoms with E-state index in [4.69, 9.17) is 26.8 Å². The Kier molecular flexibility index (Phi) is 7.36. The van der Waals surface area contributed by atoms with Crippen molar-refractivity contribution in [2.45, 2.75) is 36.9 Å². The van der Waals surface area contributed by atoms with Crippen LogP contribution in [0.4, 0.5) is 0 Å². The number of ether oxygens (including phenoxy) is 2. The van der Waals surface area contributed by atoms with E-state index in [2.05, 4.69) is 10.3 Å². The Bertz CT molecular complexity index is 1610. The van der Waals surface area contributed by atoms with Gasteiger partial charge in [0.15, 0.2) is 9.84 Å². The average Bonchev–Trinajstić information content (AvgIpc) is 3.49. The Labute approximate surface area is 229 Å². The van der Waals surface area contributed by atoms with Crippen molar-refractivity contribution in [1.82, 2.24) is 14.9 Å². The molecule has 2 aromatic heterocycles. The van der Waals surface area contributed by atoms with Gasteiger partial charge in [-0.2, -0.15) is 0 Å². The first-order valence-corrected chi connectivity index (χ1v) is 15.1. The second-order valence-electron chi connectivity index (χ2n) is 9.17. The topological polar surface area (TPSA) is 126 Å². The van der Waals surface area contributed by atoms with Crippen LogP contribution in [0.25, 0.3) is 16.0 Å². The van der Waals surface area contributed by atoms with Crippen molar-refractivity contribution >= 4 is 49.7 Å². The lowest BCUT2D eigenvalue weighted by Crippen LogP contribution is -2.34. The summed E-state index contributed by atoms with van der Waals surface area (Å²) in [4.78, 5) is 17.1. The van der Waals surface area contributed by atoms with Crippen molar-refractivity contribution in [3.63, 3.8) is 0 Å². The number of carbonyl (C=O) groups is 1. The highest BCUT2D eigenvalue weighted by atomic mass is 35.5. The summed E-state index contributed by atoms with van der Waals surface area (Å²) in [5, 5.41) is 4.43. The summed E-state index contributed by atoms with van der Waals surface area (Å²) in [7, 11) is -3.37. The number of hydrogen-bond acceptors (Lipinski definition) is 8. The summed E-state index contributed by atoms with van der Waals surface area (Å²) < 4.78 is 38.0. The smallest absolute Gasteiger partial charge is 0.262 e. The molecular weight excluding hydrogens is 548 g/mol. The van der Waals surface area contributed by atoms with E-state index in [-0.39, 0.29) is 15.9 Å². The first-order valence-electron chi connectivity index (χ1n) is 12.1. The second kappa shape index (κ2) is 10.6. The molecule has 4 aromatic rings. The molecule has 0 aliphatic carbocycles. The van der Waals surface area contributed by atoms with E-state index in [0.717, 1.165) is 49.1 Å². The van der Waals surface area contributed by atoms with E-state index in [0.29, 0.717) is 32.6 Å². The molecule has 200 valence electrons. The SMILES string of the molecule is C[C@@H](Oc1cc(-n2cnc3cc(S(C)(=O)=O)ccc32)sc1C(N)=O)c1cccc(OC2CCNCC2)c1Cl. The van der Waals surface area contributed by atoms with Crippen LogP contribution < -0.4 is 20.5 Å². The molecule has 1 saturated heterocycles. The molecule has 0 bridgehead atoms. The van der Waals surface area contributed by atoms with Crippen molar-refractivity contribution in [3.05, 3.63) is 64.3 Å². The largest absolute Gasteiger partial charge is 0.489 e. The third-order valence-electron chi connectivity index (χ3n) is 6.41. The van der Waals surface area contributed by atoms with Gasteiger partial charge in [-0.05, 0) is 57.1 Å². The molecule has 9 nitrogen and oxygen atoms in total. The molecule has 3 N–H and O–H groups in total. The maximum Gasteiger partial charge on any atom is 0.262 e. The molecule has 1 amide bonds. The molecule has 12 heteroatoms. The maximum absolute atomic E-state index is 12.3. The maximum atomic E-state index is 12.3. The predicted octanol–water partition coefficient (Wildman–Crippen LogP) is 4.51. The summed E-state index contributed by atoms with van der Waals surface area (Å²) in [6.45, 7) is 3.66. The highest BCUT2D eigenvalue weighted by molar-refractivity contribution is 7.90. The fourth-order valence-corrected chi connectivity index (χ4v) is 6.31. The molecule has 0 radical (unpaired) electrons. The number of thiophene rings is 1. The number of halogens is 1. The van der Waals surface area contributed by atoms with Crippen LogP contribution in [0.3, 0.4) is 0 Å². The molecule has 1 fully saturated rings. The molecule has 0 saturated carbocycles. The monoisotopic (exact) mass is 574 g/mol. The zero-order chi connectivity index (χ0) is 27.0. The van der Waals surface area contributed by atoms with Gasteiger partial charge in [-0.25, -0.2) is 13.4 Å². The van der Waals surface area contributed by atoms with Crippen LogP contribution in [0.5, 0.6) is 11.5 Å². The first-order chi connectivity index (χ1) is 18.1. The quantitative estimate of drug-likeness (QED) is 0.317. The first kappa shape index (κ1) is 26.5. The molecular formula is C26H27ClN4O5S2. The van der Waals surface area contributed by atoms with E-state index < -0.39 is 21.8 Å². The van der Waals surface area contributed by atoms with Crippen molar-refractivity contribution in [2.24, 2.45) is 5.73 Å². The van der Waals surface area contributed by atoms with Crippen molar-refractivity contribution in [3.8, 4) is 16.5 Å². The number of fused-ring (bicyclic) bond motifs is 1. The number of carbonyl (C=O) groups excluding carboxylic acids is 1. The van der Waals surface area contributed by atoms with Gasteiger partial charge in [-0.15, -0.1) is 11.3 Å². The number of amides is 1. The van der Waals surface area contributed by atoms with Crippen LogP contribution in [-0.4, -0.2) is 49.3 Å². The zero-order valence-electron chi connectivity index (χ0n) is 20.8. The Morgan fingerprint density at radius 2 is 1.97 bits per heavy atom. The lowest BCUT2D eigenvalue weighted by molar-refractivity contribution is 0.0998. The predicted molar refractivity (Wildman–Crippen MR) is 148 cm³/mol. The Morgan fingerprint density at radius 1 is 1.21 bits per heavy atom. The molecule has 5 rings (SSSR count). The summed E-state index contributed by atoms with van der Waals surface area (Å²) in [6, 6.07) is 12.0. The van der Waals surface area contributed by atoms with Gasteiger partial charge in [0.1, 0.15) is 39.9 Å². The number of aromatic nitrogens is 2. The number of primary amides is 1. The van der Waals surface area contributed by atoms with E-state index in [1.54, 1.807) is 23.0 Å². The van der Waals surface area contributed by atoms with Crippen molar-refractivity contribution < 1.29 is 22.7 Å². The fraction of sp³-hybridized carbons (Fsp3) is 0.308. The van der Waals surface area contributed by atoms with Crippen LogP contribution in [0.15, 0.2) is 53.7 Å². The van der Waals surface area contributed by atoms with E-state index in [1.165, 1.54) is 12.1 Å². The third-order valence-corrected chi connectivity index (χ3v) is 9.05. The van der Waals surface area contributed by atoms with Gasteiger partial charge < -0.3 is 20.5 Å². The van der Waals surface area contributed by atoms with E-state index in [9.17, 15) is 13.2 Å². The molecule has 2 aromatic carbocycles. The third kappa shape index (κ3) is 5.37. The van der Waals surface area contributed by atoms with E-state index in [1.807, 2.05) is 25.1 Å². The van der Waals surface area contributed by atoms with Gasteiger partial charge in [-0.3, -0.25) is 9.36 Å². The van der Waals surface area contributed by atoms with Crippen LogP contribution in [0.1, 0.15) is 41.1 Å². The van der Waals surface area contributed by atoms with Gasteiger partial charge in [0.25, 0.3) is 5.91 Å². The van der Waals surface area contributed by atoms with Crippen LogP contribution in [-0.2, 0) is 9.84 Å². The zero-order valence-corrected chi connectivity index (χ0v) is 23.2. The van der Waals surface area contributed by atoms with Gasteiger partial charge in [0, 0.05) is 17.9 Å². The molecule has 3 heterocycles. The van der Waals surface area contributed by atoms with Gasteiger partial charge in [0.2, 0.25) is 0 Å². The summed E-state index contributed by atoms with van der Waals surface area (Å²) in [5.41, 5.74) is 7.60. The Hall–Kier alpha value is -3.12. The number of piperidine rings is 1. The number of rotatable bonds is 8. The van der Waals surface area contributed by atoms with Gasteiger partial charge >= 0.3 is 0 Å². The number of sulfone groups is 1. The molecule has 0 unspecified atom stereocenters. The molecule has 1 aliphatic rings. The highest BCUT2D eigenvalue weighted by Crippen LogP contribution is 2.39. The number of nitrogens with zero attached hydrogens (tertiary/aromatic N) is 2. The highest BCUT2D eigenvalue weighted by Gasteiger charge is 2.23. The summed E-state index contributed by atoms with van der Waals surface area (Å²) >= 11 is 7.88. The van der Waals surface area contributed by atoms with Crippen LogP contribution in [0.2, 0.25) is 5.02 Å². The minimum atomic E-state index is -3.37. The standard InChI is InChI=1S/C26H27ClN4O5S2/c1-15(18-4-3-5-21(24(18)27)36-16-8-10-29-11-9-16)35-22-13-23(37-25(22)26(28)32)31-14-30-19-12-17(38(2,33)34)6-7-20(19)31/h3-7,12-16,29H,8-11H2,1-2H3,(H2,28,32)/t15-/m1/s1. The number of nitrogens with one attached hydrogen (secondary N) is 1. The summed E-state index contributed by atoms with van der Waals surface area (Å²) in [6.07, 6.45) is 4.13. The number of imidazole rings is 1. The lowest BCUT2D eigenvalue weighted by Gasteiger charge is -2.25. The number of nitrogens with two attached hydrogens (primary N) is 1. The molecule has 0 spiro atoms. The number of hydrogen-bond donors (Lipinski definition) is 2. The van der Waals surface area contributed by atoms with Gasteiger partial charge in [-0.1, -0.05) is 23.7 Å². The molecule has 38 heavy (non-hydrogen) atoms. The minimum Gasteiger partial charge on any atom is -0.489 e. The number of benzene rings is 2. The average molecular weight is 575 g/mol. The van der Waals surface area contributed by atoms with Gasteiger partial charge in [0.05, 0.1) is 21.0 Å².